The molecule has 3 aromatic carbocycles. The fraction of sp³-hybridized carbons (Fsp3) is 0.0833. The number of rotatable bonds is 3. The third-order valence-corrected chi connectivity index (χ3v) is 4.91. The highest BCUT2D eigenvalue weighted by Crippen LogP contribution is 2.27. The van der Waals surface area contributed by atoms with E-state index in [0.29, 0.717) is 10.6 Å². The highest BCUT2D eigenvalue weighted by atomic mass is 35.5. The van der Waals surface area contributed by atoms with Gasteiger partial charge in [0.25, 0.3) is 5.91 Å². The van der Waals surface area contributed by atoms with Crippen molar-refractivity contribution in [2.45, 2.75) is 13.8 Å². The molecule has 0 unspecified atom stereocenters. The number of benzene rings is 3. The number of nitrogens with zero attached hydrogens (tertiary/aromatic N) is 1. The van der Waals surface area contributed by atoms with E-state index in [-0.39, 0.29) is 5.91 Å². The third kappa shape index (κ3) is 3.75. The summed E-state index contributed by atoms with van der Waals surface area (Å²) in [5.41, 5.74) is 6.02. The lowest BCUT2D eigenvalue weighted by Gasteiger charge is -2.12. The molecular formula is C24H19ClN2O. The Kier molecular flexibility index (Phi) is 4.84. The van der Waals surface area contributed by atoms with Gasteiger partial charge in [0.1, 0.15) is 0 Å². The molecule has 0 fully saturated rings. The zero-order valence-electron chi connectivity index (χ0n) is 15.7. The van der Waals surface area contributed by atoms with E-state index in [1.54, 1.807) is 0 Å². The molecule has 0 saturated carbocycles. The van der Waals surface area contributed by atoms with Gasteiger partial charge < -0.3 is 5.32 Å². The largest absolute Gasteiger partial charge is 0.322 e. The normalized spacial score (nSPS) is 10.8. The lowest BCUT2D eigenvalue weighted by atomic mass is 10.0. The Hall–Kier alpha value is -3.17. The van der Waals surface area contributed by atoms with Gasteiger partial charge in [-0.05, 0) is 56.3 Å². The van der Waals surface area contributed by atoms with Crippen LogP contribution in [0.25, 0.3) is 22.2 Å². The summed E-state index contributed by atoms with van der Waals surface area (Å²) in [5.74, 6) is -0.155. The molecule has 1 heterocycles. The molecule has 0 radical (unpaired) electrons. The molecule has 0 saturated heterocycles. The molecule has 0 aliphatic rings. The minimum Gasteiger partial charge on any atom is -0.322 e. The Bertz CT molecular complexity index is 1170. The Morgan fingerprint density at radius 2 is 1.54 bits per heavy atom. The first-order chi connectivity index (χ1) is 13.5. The number of fused-ring (bicyclic) bond motifs is 1. The molecule has 1 aromatic heterocycles. The van der Waals surface area contributed by atoms with E-state index in [9.17, 15) is 4.79 Å². The molecule has 4 rings (SSSR count). The van der Waals surface area contributed by atoms with Gasteiger partial charge in [-0.2, -0.15) is 0 Å². The van der Waals surface area contributed by atoms with Crippen LogP contribution in [0.15, 0.2) is 72.8 Å². The number of hydrogen-bond donors (Lipinski definition) is 1. The van der Waals surface area contributed by atoms with Gasteiger partial charge in [0.2, 0.25) is 0 Å². The number of anilines is 1. The summed E-state index contributed by atoms with van der Waals surface area (Å²) in [6.45, 7) is 4.03. The number of aryl methyl sites for hydroxylation is 2. The maximum atomic E-state index is 13.1. The lowest BCUT2D eigenvalue weighted by Crippen LogP contribution is -2.13. The van der Waals surface area contributed by atoms with Gasteiger partial charge in [0.05, 0.1) is 16.8 Å². The highest BCUT2D eigenvalue weighted by Gasteiger charge is 2.15. The number of carbonyl (C=O) groups is 1. The van der Waals surface area contributed by atoms with Gasteiger partial charge in [0, 0.05) is 21.7 Å². The second kappa shape index (κ2) is 7.45. The number of amides is 1. The zero-order valence-corrected chi connectivity index (χ0v) is 16.4. The van der Waals surface area contributed by atoms with Crippen LogP contribution in [0.3, 0.4) is 0 Å². The quantitative estimate of drug-likeness (QED) is 0.441. The van der Waals surface area contributed by atoms with Crippen molar-refractivity contribution in [3.63, 3.8) is 0 Å². The minimum atomic E-state index is -0.155. The van der Waals surface area contributed by atoms with Crippen LogP contribution in [-0.2, 0) is 0 Å². The van der Waals surface area contributed by atoms with Crippen molar-refractivity contribution in [1.82, 2.24) is 4.98 Å². The minimum absolute atomic E-state index is 0.155. The maximum Gasteiger partial charge on any atom is 0.256 e. The number of pyridine rings is 1. The van der Waals surface area contributed by atoms with Crippen LogP contribution in [0.4, 0.5) is 5.69 Å². The van der Waals surface area contributed by atoms with Crippen molar-refractivity contribution in [2.24, 2.45) is 0 Å². The van der Waals surface area contributed by atoms with E-state index in [1.807, 2.05) is 86.6 Å². The third-order valence-electron chi connectivity index (χ3n) is 4.66. The van der Waals surface area contributed by atoms with Crippen molar-refractivity contribution in [1.29, 1.82) is 0 Å². The molecule has 0 aliphatic heterocycles. The average molecular weight is 387 g/mol. The zero-order chi connectivity index (χ0) is 19.7. The van der Waals surface area contributed by atoms with Gasteiger partial charge in [-0.15, -0.1) is 0 Å². The molecule has 0 bridgehead atoms. The van der Waals surface area contributed by atoms with Crippen LogP contribution in [0, 0.1) is 13.8 Å². The molecule has 1 amide bonds. The van der Waals surface area contributed by atoms with Crippen LogP contribution >= 0.6 is 11.6 Å². The second-order valence-corrected chi connectivity index (χ2v) is 7.34. The van der Waals surface area contributed by atoms with E-state index in [0.717, 1.165) is 39.0 Å². The summed E-state index contributed by atoms with van der Waals surface area (Å²) in [4.78, 5) is 17.9. The Labute approximate surface area is 169 Å². The van der Waals surface area contributed by atoms with Gasteiger partial charge in [0.15, 0.2) is 0 Å². The molecule has 0 atom stereocenters. The number of hydrogen-bond acceptors (Lipinski definition) is 2. The van der Waals surface area contributed by atoms with Crippen molar-refractivity contribution in [2.75, 3.05) is 5.32 Å². The summed E-state index contributed by atoms with van der Waals surface area (Å²) in [7, 11) is 0. The van der Waals surface area contributed by atoms with Crippen LogP contribution in [0.5, 0.6) is 0 Å². The van der Waals surface area contributed by atoms with Gasteiger partial charge in [-0.25, -0.2) is 4.98 Å². The predicted octanol–water partition coefficient (Wildman–Crippen LogP) is 6.42. The number of halogens is 1. The van der Waals surface area contributed by atoms with Crippen LogP contribution < -0.4 is 5.32 Å². The SMILES string of the molecule is Cc1ccc(NC(=O)c2cc(-c3ccc(Cl)cc3)nc3ccc(C)cc23)cc1. The van der Waals surface area contributed by atoms with E-state index < -0.39 is 0 Å². The van der Waals surface area contributed by atoms with E-state index in [1.165, 1.54) is 0 Å². The smallest absolute Gasteiger partial charge is 0.256 e. The molecule has 1 N–H and O–H groups in total. The maximum absolute atomic E-state index is 13.1. The first-order valence-electron chi connectivity index (χ1n) is 9.05. The molecule has 0 aliphatic carbocycles. The predicted molar refractivity (Wildman–Crippen MR) is 116 cm³/mol. The van der Waals surface area contributed by atoms with E-state index in [2.05, 4.69) is 5.32 Å². The molecule has 138 valence electrons. The van der Waals surface area contributed by atoms with Gasteiger partial charge in [-0.1, -0.05) is 53.1 Å². The number of carbonyl (C=O) groups excluding carboxylic acids is 1. The van der Waals surface area contributed by atoms with Crippen molar-refractivity contribution >= 4 is 34.1 Å². The monoisotopic (exact) mass is 386 g/mol. The van der Waals surface area contributed by atoms with Crippen LogP contribution in [-0.4, -0.2) is 10.9 Å². The fourth-order valence-electron chi connectivity index (χ4n) is 3.13. The fourth-order valence-corrected chi connectivity index (χ4v) is 3.26. The molecule has 0 spiro atoms. The molecular weight excluding hydrogens is 368 g/mol. The summed E-state index contributed by atoms with van der Waals surface area (Å²) in [6, 6.07) is 23.0. The number of nitrogens with one attached hydrogen (secondary N) is 1. The first kappa shape index (κ1) is 18.2. The van der Waals surface area contributed by atoms with E-state index >= 15 is 0 Å². The van der Waals surface area contributed by atoms with Crippen molar-refractivity contribution < 1.29 is 4.79 Å². The van der Waals surface area contributed by atoms with Gasteiger partial charge in [-0.3, -0.25) is 4.79 Å². The average Bonchev–Trinajstić information content (AvgIpc) is 2.69. The van der Waals surface area contributed by atoms with Crippen LogP contribution in [0.2, 0.25) is 5.02 Å². The van der Waals surface area contributed by atoms with Crippen molar-refractivity contribution in [3.8, 4) is 11.3 Å². The highest BCUT2D eigenvalue weighted by molar-refractivity contribution is 6.30. The molecule has 4 aromatic rings. The Morgan fingerprint density at radius 1 is 0.857 bits per heavy atom. The Balaban J connectivity index is 1.82. The standard InChI is InChI=1S/C24H19ClN2O/c1-15-3-10-19(11-4-15)26-24(28)21-14-23(17-6-8-18(25)9-7-17)27-22-12-5-16(2)13-20(21)22/h3-14H,1-2H3,(H,26,28). The molecule has 28 heavy (non-hydrogen) atoms. The second-order valence-electron chi connectivity index (χ2n) is 6.90. The topological polar surface area (TPSA) is 42.0 Å². The van der Waals surface area contributed by atoms with Gasteiger partial charge >= 0.3 is 0 Å². The van der Waals surface area contributed by atoms with Crippen LogP contribution in [0.1, 0.15) is 21.5 Å². The Morgan fingerprint density at radius 3 is 2.25 bits per heavy atom. The summed E-state index contributed by atoms with van der Waals surface area (Å²) in [6.07, 6.45) is 0. The lowest BCUT2D eigenvalue weighted by molar-refractivity contribution is 0.102. The summed E-state index contributed by atoms with van der Waals surface area (Å²) < 4.78 is 0. The number of aromatic nitrogens is 1. The first-order valence-corrected chi connectivity index (χ1v) is 9.43. The van der Waals surface area contributed by atoms with Crippen molar-refractivity contribution in [3.05, 3.63) is 94.5 Å². The summed E-state index contributed by atoms with van der Waals surface area (Å²) in [5, 5.41) is 4.50. The molecule has 3 nitrogen and oxygen atoms in total. The molecule has 4 heteroatoms. The van der Waals surface area contributed by atoms with E-state index in [4.69, 9.17) is 16.6 Å². The summed E-state index contributed by atoms with van der Waals surface area (Å²) >= 11 is 6.01.